The van der Waals surface area contributed by atoms with Crippen LogP contribution < -0.4 is 5.32 Å². The second-order valence-corrected chi connectivity index (χ2v) is 2.96. The molecule has 1 amide bonds. The molecule has 0 atom stereocenters. The van der Waals surface area contributed by atoms with Gasteiger partial charge in [0.25, 0.3) is 0 Å². The first kappa shape index (κ1) is 11.9. The highest BCUT2D eigenvalue weighted by molar-refractivity contribution is 5.67. The molecule has 1 aromatic rings. The lowest BCUT2D eigenvalue weighted by Gasteiger charge is -2.05. The van der Waals surface area contributed by atoms with Crippen LogP contribution in [0, 0.1) is 0 Å². The molecule has 0 aromatic heterocycles. The Kier molecular flexibility index (Phi) is 5.37. The predicted molar refractivity (Wildman–Crippen MR) is 57.6 cm³/mol. The van der Waals surface area contributed by atoms with E-state index in [9.17, 15) is 9.59 Å². The third-order valence-corrected chi connectivity index (χ3v) is 1.77. The molecule has 1 rings (SSSR count). The van der Waals surface area contributed by atoms with E-state index in [4.69, 9.17) is 4.74 Å². The standard InChI is InChI=1S/C11H12N2O3/c14-9-12-6-7-13-11(15)16-8-10-4-2-1-3-5-10/h1-5H,6-8H2,(H,13,15). The summed E-state index contributed by atoms with van der Waals surface area (Å²) >= 11 is 0. The van der Waals surface area contributed by atoms with Gasteiger partial charge in [0.15, 0.2) is 0 Å². The fourth-order valence-electron chi connectivity index (χ4n) is 1.03. The summed E-state index contributed by atoms with van der Waals surface area (Å²) in [6, 6.07) is 9.36. The lowest BCUT2D eigenvalue weighted by atomic mass is 10.2. The third-order valence-electron chi connectivity index (χ3n) is 1.77. The van der Waals surface area contributed by atoms with E-state index in [1.54, 1.807) is 0 Å². The Morgan fingerprint density at radius 2 is 2.12 bits per heavy atom. The van der Waals surface area contributed by atoms with Crippen molar-refractivity contribution in [3.63, 3.8) is 0 Å². The van der Waals surface area contributed by atoms with Crippen molar-refractivity contribution in [1.82, 2.24) is 5.32 Å². The van der Waals surface area contributed by atoms with Gasteiger partial charge in [-0.1, -0.05) is 30.3 Å². The Labute approximate surface area is 93.1 Å². The van der Waals surface area contributed by atoms with Gasteiger partial charge in [-0.15, -0.1) is 0 Å². The maximum atomic E-state index is 11.1. The number of carbonyl (C=O) groups excluding carboxylic acids is 2. The van der Waals surface area contributed by atoms with Crippen molar-refractivity contribution in [2.24, 2.45) is 4.99 Å². The lowest BCUT2D eigenvalue weighted by Crippen LogP contribution is -2.26. The van der Waals surface area contributed by atoms with Crippen molar-refractivity contribution in [3.8, 4) is 0 Å². The fraction of sp³-hybridized carbons (Fsp3) is 0.273. The zero-order chi connectivity index (χ0) is 11.6. The fourth-order valence-corrected chi connectivity index (χ4v) is 1.03. The van der Waals surface area contributed by atoms with Crippen LogP contribution in [0.15, 0.2) is 35.3 Å². The van der Waals surface area contributed by atoms with Gasteiger partial charge in [0.2, 0.25) is 6.08 Å². The number of hydrogen-bond donors (Lipinski definition) is 1. The van der Waals surface area contributed by atoms with Gasteiger partial charge < -0.3 is 10.1 Å². The molecule has 0 fully saturated rings. The number of hydrogen-bond acceptors (Lipinski definition) is 4. The SMILES string of the molecule is O=C=NCCNC(=O)OCc1ccccc1. The first-order valence-electron chi connectivity index (χ1n) is 4.81. The first-order chi connectivity index (χ1) is 7.83. The highest BCUT2D eigenvalue weighted by Gasteiger charge is 2.00. The van der Waals surface area contributed by atoms with E-state index in [1.807, 2.05) is 30.3 Å². The average Bonchev–Trinajstić information content (AvgIpc) is 2.33. The third kappa shape index (κ3) is 4.93. The van der Waals surface area contributed by atoms with Gasteiger partial charge in [0, 0.05) is 6.54 Å². The molecule has 1 aromatic carbocycles. The number of rotatable bonds is 5. The number of nitrogens with zero attached hydrogens (tertiary/aromatic N) is 1. The minimum Gasteiger partial charge on any atom is -0.445 e. The number of alkyl carbamates (subject to hydrolysis) is 1. The summed E-state index contributed by atoms with van der Waals surface area (Å²) in [6.07, 6.45) is 0.859. The lowest BCUT2D eigenvalue weighted by molar-refractivity contribution is 0.140. The van der Waals surface area contributed by atoms with Crippen LogP contribution >= 0.6 is 0 Å². The molecule has 0 saturated heterocycles. The second kappa shape index (κ2) is 7.20. The van der Waals surface area contributed by atoms with Crippen LogP contribution in [0.2, 0.25) is 0 Å². The minimum atomic E-state index is -0.523. The molecule has 0 saturated carbocycles. The molecular formula is C11H12N2O3. The van der Waals surface area contributed by atoms with Crippen molar-refractivity contribution in [1.29, 1.82) is 0 Å². The first-order valence-corrected chi connectivity index (χ1v) is 4.81. The summed E-state index contributed by atoms with van der Waals surface area (Å²) in [5.74, 6) is 0. The van der Waals surface area contributed by atoms with E-state index in [0.29, 0.717) is 0 Å². The molecule has 5 nitrogen and oxygen atoms in total. The minimum absolute atomic E-state index is 0.212. The van der Waals surface area contributed by atoms with Crippen LogP contribution in [0.4, 0.5) is 4.79 Å². The number of ether oxygens (including phenoxy) is 1. The van der Waals surface area contributed by atoms with Crippen LogP contribution in [0.1, 0.15) is 5.56 Å². The van der Waals surface area contributed by atoms with E-state index in [2.05, 4.69) is 10.3 Å². The summed E-state index contributed by atoms with van der Waals surface area (Å²) in [5.41, 5.74) is 0.920. The van der Waals surface area contributed by atoms with Crippen LogP contribution in [0.3, 0.4) is 0 Å². The number of isocyanates is 1. The summed E-state index contributed by atoms with van der Waals surface area (Å²) in [6.45, 7) is 0.705. The van der Waals surface area contributed by atoms with Crippen molar-refractivity contribution in [3.05, 3.63) is 35.9 Å². The monoisotopic (exact) mass is 220 g/mol. The molecular weight excluding hydrogens is 208 g/mol. The normalized spacial score (nSPS) is 9.00. The molecule has 0 heterocycles. The topological polar surface area (TPSA) is 67.8 Å². The zero-order valence-corrected chi connectivity index (χ0v) is 8.68. The summed E-state index contributed by atoms with van der Waals surface area (Å²) in [4.78, 5) is 24.1. The number of benzene rings is 1. The Hall–Kier alpha value is -2.13. The van der Waals surface area contributed by atoms with E-state index in [0.717, 1.165) is 5.56 Å². The largest absolute Gasteiger partial charge is 0.445 e. The van der Waals surface area contributed by atoms with Gasteiger partial charge in [-0.05, 0) is 5.56 Å². The maximum absolute atomic E-state index is 11.1. The van der Waals surface area contributed by atoms with E-state index in [-0.39, 0.29) is 19.7 Å². The van der Waals surface area contributed by atoms with Crippen LogP contribution in [-0.2, 0) is 16.1 Å². The van der Waals surface area contributed by atoms with E-state index >= 15 is 0 Å². The van der Waals surface area contributed by atoms with Crippen molar-refractivity contribution >= 4 is 12.2 Å². The van der Waals surface area contributed by atoms with Crippen LogP contribution in [0.25, 0.3) is 0 Å². The van der Waals surface area contributed by atoms with E-state index < -0.39 is 6.09 Å². The molecule has 0 radical (unpaired) electrons. The van der Waals surface area contributed by atoms with Crippen molar-refractivity contribution < 1.29 is 14.3 Å². The number of amides is 1. The van der Waals surface area contributed by atoms with Crippen LogP contribution in [0.5, 0.6) is 0 Å². The van der Waals surface area contributed by atoms with Crippen molar-refractivity contribution in [2.75, 3.05) is 13.1 Å². The number of nitrogens with one attached hydrogen (secondary N) is 1. The molecule has 0 bridgehead atoms. The molecule has 0 aliphatic heterocycles. The van der Waals surface area contributed by atoms with Crippen LogP contribution in [-0.4, -0.2) is 25.3 Å². The van der Waals surface area contributed by atoms with Gasteiger partial charge in [0.1, 0.15) is 6.61 Å². The molecule has 0 spiro atoms. The Morgan fingerprint density at radius 3 is 2.81 bits per heavy atom. The number of carbonyl (C=O) groups is 1. The van der Waals surface area contributed by atoms with Gasteiger partial charge in [-0.25, -0.2) is 14.6 Å². The highest BCUT2D eigenvalue weighted by atomic mass is 16.5. The second-order valence-electron chi connectivity index (χ2n) is 2.96. The summed E-state index contributed by atoms with van der Waals surface area (Å²) in [7, 11) is 0. The van der Waals surface area contributed by atoms with Gasteiger partial charge in [0.05, 0.1) is 6.54 Å². The Bertz CT molecular complexity index is 372. The Morgan fingerprint density at radius 1 is 1.38 bits per heavy atom. The smallest absolute Gasteiger partial charge is 0.407 e. The summed E-state index contributed by atoms with van der Waals surface area (Å²) in [5, 5.41) is 2.45. The quantitative estimate of drug-likeness (QED) is 0.461. The molecule has 16 heavy (non-hydrogen) atoms. The van der Waals surface area contributed by atoms with E-state index in [1.165, 1.54) is 6.08 Å². The zero-order valence-electron chi connectivity index (χ0n) is 8.68. The molecule has 1 N–H and O–H groups in total. The maximum Gasteiger partial charge on any atom is 0.407 e. The summed E-state index contributed by atoms with van der Waals surface area (Å²) < 4.78 is 4.92. The molecule has 5 heteroatoms. The number of aliphatic imine (C=N–C) groups is 1. The van der Waals surface area contributed by atoms with Gasteiger partial charge in [-0.3, -0.25) is 0 Å². The predicted octanol–water partition coefficient (Wildman–Crippen LogP) is 1.25. The molecule has 0 aliphatic rings. The molecule has 0 aliphatic carbocycles. The average molecular weight is 220 g/mol. The van der Waals surface area contributed by atoms with Crippen molar-refractivity contribution in [2.45, 2.75) is 6.61 Å². The van der Waals surface area contributed by atoms with Gasteiger partial charge >= 0.3 is 6.09 Å². The molecule has 84 valence electrons. The molecule has 0 unspecified atom stereocenters. The Balaban J connectivity index is 2.18. The van der Waals surface area contributed by atoms with Gasteiger partial charge in [-0.2, -0.15) is 0 Å². The highest BCUT2D eigenvalue weighted by Crippen LogP contribution is 2.00.